The number of piperidine rings is 2. The maximum Gasteiger partial charge on any atom is 0.220 e. The van der Waals surface area contributed by atoms with Crippen molar-refractivity contribution in [1.29, 1.82) is 0 Å². The minimum absolute atomic E-state index is 0. The van der Waals surface area contributed by atoms with Gasteiger partial charge in [0.25, 0.3) is 0 Å². The van der Waals surface area contributed by atoms with E-state index in [1.165, 1.54) is 77.4 Å². The Kier molecular flexibility index (Phi) is 11.4. The first-order valence-corrected chi connectivity index (χ1v) is 10.0. The van der Waals surface area contributed by atoms with E-state index < -0.39 is 0 Å². The summed E-state index contributed by atoms with van der Waals surface area (Å²) in [5.41, 5.74) is 0. The van der Waals surface area contributed by atoms with E-state index in [2.05, 4.69) is 15.5 Å². The zero-order valence-corrected chi connectivity index (χ0v) is 17.1. The van der Waals surface area contributed by atoms with E-state index >= 15 is 0 Å². The van der Waals surface area contributed by atoms with Gasteiger partial charge in [-0.1, -0.05) is 12.8 Å². The molecule has 0 aliphatic carbocycles. The Hall–Kier alpha value is -0.0300. The maximum atomic E-state index is 12.1. The number of hydrogen-bond donors (Lipinski definition) is 2. The highest BCUT2D eigenvalue weighted by Gasteiger charge is 2.33. The topological polar surface area (TPSA) is 44.4 Å². The lowest BCUT2D eigenvalue weighted by atomic mass is 9.89. The van der Waals surface area contributed by atoms with Crippen LogP contribution in [0.4, 0.5) is 0 Å². The lowest BCUT2D eigenvalue weighted by Gasteiger charge is -2.28. The van der Waals surface area contributed by atoms with E-state index in [-0.39, 0.29) is 30.7 Å². The van der Waals surface area contributed by atoms with Crippen molar-refractivity contribution in [1.82, 2.24) is 15.5 Å². The Morgan fingerprint density at radius 3 is 2.32 bits per heavy atom. The van der Waals surface area contributed by atoms with E-state index in [0.717, 1.165) is 19.4 Å². The molecule has 2 atom stereocenters. The molecule has 6 heteroatoms. The molecule has 4 nitrogen and oxygen atoms in total. The van der Waals surface area contributed by atoms with Crippen LogP contribution in [0.25, 0.3) is 0 Å². The fourth-order valence-corrected chi connectivity index (χ4v) is 4.72. The largest absolute Gasteiger partial charge is 0.356 e. The Morgan fingerprint density at radius 1 is 0.960 bits per heavy atom. The lowest BCUT2D eigenvalue weighted by molar-refractivity contribution is -0.122. The highest BCUT2D eigenvalue weighted by atomic mass is 35.5. The molecular formula is C19H37Cl2N3O. The molecule has 3 saturated heterocycles. The van der Waals surface area contributed by atoms with Crippen molar-refractivity contribution >= 4 is 30.7 Å². The minimum Gasteiger partial charge on any atom is -0.356 e. The zero-order chi connectivity index (χ0) is 15.9. The van der Waals surface area contributed by atoms with Gasteiger partial charge in [-0.2, -0.15) is 0 Å². The normalized spacial score (nSPS) is 28.7. The number of rotatable bonds is 8. The van der Waals surface area contributed by atoms with Gasteiger partial charge < -0.3 is 15.5 Å². The second kappa shape index (κ2) is 12.4. The molecule has 3 fully saturated rings. The average molecular weight is 394 g/mol. The monoisotopic (exact) mass is 393 g/mol. The summed E-state index contributed by atoms with van der Waals surface area (Å²) in [5, 5.41) is 6.80. The predicted octanol–water partition coefficient (Wildman–Crippen LogP) is 3.52. The van der Waals surface area contributed by atoms with Crippen LogP contribution in [0.3, 0.4) is 0 Å². The molecule has 2 N–H and O–H groups in total. The van der Waals surface area contributed by atoms with Crippen molar-refractivity contribution in [3.63, 3.8) is 0 Å². The highest BCUT2D eigenvalue weighted by Crippen LogP contribution is 2.32. The van der Waals surface area contributed by atoms with Crippen LogP contribution >= 0.6 is 24.8 Å². The van der Waals surface area contributed by atoms with Crippen molar-refractivity contribution in [2.75, 3.05) is 26.2 Å². The third kappa shape index (κ3) is 8.03. The van der Waals surface area contributed by atoms with Crippen LogP contribution in [0.1, 0.15) is 70.6 Å². The van der Waals surface area contributed by atoms with Crippen LogP contribution in [0.5, 0.6) is 0 Å². The molecule has 148 valence electrons. The van der Waals surface area contributed by atoms with Gasteiger partial charge in [0.05, 0.1) is 0 Å². The molecule has 2 bridgehead atoms. The molecule has 0 saturated carbocycles. The fourth-order valence-electron chi connectivity index (χ4n) is 4.72. The second-order valence-electron chi connectivity index (χ2n) is 7.99. The summed E-state index contributed by atoms with van der Waals surface area (Å²) in [6.45, 7) is 4.73. The number of carbonyl (C=O) groups is 1. The standard InChI is InChI=1S/C19H35N3O.2ClH/c23-19(15-16-13-17-7-8-18(14-16)21-17)20-9-3-1-4-10-22-11-5-2-6-12-22;;/h16-18,21H,1-15H2,(H,20,23);2*1H. The summed E-state index contributed by atoms with van der Waals surface area (Å²) in [5.74, 6) is 0.903. The SMILES string of the molecule is Cl.Cl.O=C(CC1CC2CCC(C1)N2)NCCCCCN1CCCCC1. The number of nitrogens with zero attached hydrogens (tertiary/aromatic N) is 1. The van der Waals surface area contributed by atoms with Gasteiger partial charge in [0, 0.05) is 25.0 Å². The van der Waals surface area contributed by atoms with Crippen LogP contribution in [0, 0.1) is 5.92 Å². The van der Waals surface area contributed by atoms with Crippen molar-refractivity contribution in [3.8, 4) is 0 Å². The maximum absolute atomic E-state index is 12.1. The highest BCUT2D eigenvalue weighted by molar-refractivity contribution is 5.85. The molecule has 3 aliphatic rings. The lowest BCUT2D eigenvalue weighted by Crippen LogP contribution is -2.39. The van der Waals surface area contributed by atoms with Gasteiger partial charge in [-0.15, -0.1) is 24.8 Å². The molecule has 2 unspecified atom stereocenters. The summed E-state index contributed by atoms with van der Waals surface area (Å²) in [6.07, 6.45) is 13.7. The number of amides is 1. The molecule has 3 rings (SSSR count). The number of unbranched alkanes of at least 4 members (excludes halogenated alkanes) is 2. The molecule has 0 aromatic carbocycles. The third-order valence-electron chi connectivity index (χ3n) is 5.97. The first-order valence-electron chi connectivity index (χ1n) is 10.0. The second-order valence-corrected chi connectivity index (χ2v) is 7.99. The zero-order valence-electron chi connectivity index (χ0n) is 15.5. The molecule has 1 amide bonds. The molecule has 25 heavy (non-hydrogen) atoms. The number of hydrogen-bond acceptors (Lipinski definition) is 3. The Morgan fingerprint density at radius 2 is 1.64 bits per heavy atom. The van der Waals surface area contributed by atoms with Crippen molar-refractivity contribution < 1.29 is 4.79 Å². The van der Waals surface area contributed by atoms with Crippen molar-refractivity contribution in [3.05, 3.63) is 0 Å². The fraction of sp³-hybridized carbons (Fsp3) is 0.947. The molecule has 0 aromatic rings. The summed E-state index contributed by atoms with van der Waals surface area (Å²) in [7, 11) is 0. The number of nitrogens with one attached hydrogen (secondary N) is 2. The summed E-state index contributed by atoms with van der Waals surface area (Å²) in [6, 6.07) is 1.39. The summed E-state index contributed by atoms with van der Waals surface area (Å²) in [4.78, 5) is 14.7. The van der Waals surface area contributed by atoms with Gasteiger partial charge in [-0.3, -0.25) is 4.79 Å². The number of fused-ring (bicyclic) bond motifs is 2. The Bertz CT molecular complexity index is 366. The van der Waals surface area contributed by atoms with Gasteiger partial charge in [0.1, 0.15) is 0 Å². The van der Waals surface area contributed by atoms with E-state index in [9.17, 15) is 4.79 Å². The number of likely N-dealkylation sites (tertiary alicyclic amines) is 1. The van der Waals surface area contributed by atoms with Crippen molar-refractivity contribution in [2.45, 2.75) is 82.7 Å². The van der Waals surface area contributed by atoms with E-state index in [0.29, 0.717) is 18.0 Å². The van der Waals surface area contributed by atoms with Gasteiger partial charge in [0.15, 0.2) is 0 Å². The smallest absolute Gasteiger partial charge is 0.220 e. The summed E-state index contributed by atoms with van der Waals surface area (Å²) >= 11 is 0. The van der Waals surface area contributed by atoms with E-state index in [4.69, 9.17) is 0 Å². The Balaban J connectivity index is 0.00000156. The molecule has 0 aromatic heterocycles. The number of halogens is 2. The average Bonchev–Trinajstić information content (AvgIpc) is 2.90. The van der Waals surface area contributed by atoms with E-state index in [1.54, 1.807) is 0 Å². The summed E-state index contributed by atoms with van der Waals surface area (Å²) < 4.78 is 0. The number of carbonyl (C=O) groups excluding carboxylic acids is 1. The predicted molar refractivity (Wildman–Crippen MR) is 109 cm³/mol. The first kappa shape index (κ1) is 23.0. The van der Waals surface area contributed by atoms with Gasteiger partial charge in [-0.25, -0.2) is 0 Å². The van der Waals surface area contributed by atoms with Crippen LogP contribution in [0.2, 0.25) is 0 Å². The molecule has 3 heterocycles. The molecule has 0 spiro atoms. The van der Waals surface area contributed by atoms with Gasteiger partial charge >= 0.3 is 0 Å². The van der Waals surface area contributed by atoms with Gasteiger partial charge in [0.2, 0.25) is 5.91 Å². The van der Waals surface area contributed by atoms with Crippen LogP contribution in [-0.4, -0.2) is 49.1 Å². The first-order chi connectivity index (χ1) is 11.3. The van der Waals surface area contributed by atoms with Crippen LogP contribution in [0.15, 0.2) is 0 Å². The molecule has 3 aliphatic heterocycles. The van der Waals surface area contributed by atoms with Crippen molar-refractivity contribution in [2.24, 2.45) is 5.92 Å². The Labute approximate surface area is 166 Å². The molecule has 0 radical (unpaired) electrons. The van der Waals surface area contributed by atoms with E-state index in [1.807, 2.05) is 0 Å². The molecular weight excluding hydrogens is 357 g/mol. The van der Waals surface area contributed by atoms with Crippen LogP contribution in [-0.2, 0) is 4.79 Å². The van der Waals surface area contributed by atoms with Gasteiger partial charge in [-0.05, 0) is 76.9 Å². The minimum atomic E-state index is 0. The van der Waals surface area contributed by atoms with Crippen LogP contribution < -0.4 is 10.6 Å². The third-order valence-corrected chi connectivity index (χ3v) is 5.97. The quantitative estimate of drug-likeness (QED) is 0.619.